The third kappa shape index (κ3) is 4.05. The number of carbonyl (C=O) groups excluding carboxylic acids is 1. The molecule has 0 aliphatic heterocycles. The molecule has 2 heteroatoms. The molecule has 0 saturated heterocycles. The summed E-state index contributed by atoms with van der Waals surface area (Å²) >= 11 is 3.43. The number of hydrogen-bond donors (Lipinski definition) is 0. The van der Waals surface area contributed by atoms with Crippen LogP contribution < -0.4 is 0 Å². The first-order valence-corrected chi connectivity index (χ1v) is 8.15. The van der Waals surface area contributed by atoms with Crippen LogP contribution in [0.1, 0.15) is 15.9 Å². The molecule has 0 aliphatic carbocycles. The quantitative estimate of drug-likeness (QED) is 0.410. The van der Waals surface area contributed by atoms with Crippen molar-refractivity contribution in [1.82, 2.24) is 0 Å². The first-order valence-electron chi connectivity index (χ1n) is 7.36. The van der Waals surface area contributed by atoms with E-state index in [1.165, 1.54) is 0 Å². The van der Waals surface area contributed by atoms with Gasteiger partial charge in [-0.2, -0.15) is 0 Å². The summed E-state index contributed by atoms with van der Waals surface area (Å²) in [6.07, 6.45) is 3.45. The average Bonchev–Trinajstić information content (AvgIpc) is 2.61. The summed E-state index contributed by atoms with van der Waals surface area (Å²) < 4.78 is 1.05. The van der Waals surface area contributed by atoms with Crippen LogP contribution in [-0.4, -0.2) is 5.78 Å². The lowest BCUT2D eigenvalue weighted by atomic mass is 10.0. The number of rotatable bonds is 4. The second-order valence-electron chi connectivity index (χ2n) is 5.19. The molecule has 0 amide bonds. The lowest BCUT2D eigenvalue weighted by Crippen LogP contribution is -1.93. The Bertz CT molecular complexity index is 816. The van der Waals surface area contributed by atoms with Gasteiger partial charge >= 0.3 is 0 Å². The topological polar surface area (TPSA) is 17.1 Å². The van der Waals surface area contributed by atoms with E-state index in [0.717, 1.165) is 21.2 Å². The summed E-state index contributed by atoms with van der Waals surface area (Å²) in [6, 6.07) is 25.6. The highest BCUT2D eigenvalue weighted by molar-refractivity contribution is 9.10. The molecule has 3 rings (SSSR count). The largest absolute Gasteiger partial charge is 0.289 e. The van der Waals surface area contributed by atoms with Gasteiger partial charge in [0.2, 0.25) is 0 Å². The second kappa shape index (κ2) is 7.21. The van der Waals surface area contributed by atoms with E-state index in [1.807, 2.05) is 72.8 Å². The fourth-order valence-electron chi connectivity index (χ4n) is 2.30. The van der Waals surface area contributed by atoms with Gasteiger partial charge in [0.1, 0.15) is 0 Å². The molecule has 23 heavy (non-hydrogen) atoms. The minimum absolute atomic E-state index is 0.0104. The predicted molar refractivity (Wildman–Crippen MR) is 99.4 cm³/mol. The standard InChI is InChI=1S/C21H15BrO/c22-20-13-11-18(12-14-20)17-7-9-19(10-8-17)21(23)15-6-16-4-2-1-3-5-16/h1-15H/b15-6-. The van der Waals surface area contributed by atoms with Gasteiger partial charge in [-0.05, 0) is 34.9 Å². The van der Waals surface area contributed by atoms with Crippen LogP contribution in [0.2, 0.25) is 0 Å². The number of benzene rings is 3. The Labute approximate surface area is 144 Å². The zero-order valence-electron chi connectivity index (χ0n) is 12.4. The highest BCUT2D eigenvalue weighted by atomic mass is 79.9. The zero-order chi connectivity index (χ0) is 16.1. The number of carbonyl (C=O) groups is 1. The van der Waals surface area contributed by atoms with Crippen LogP contribution in [-0.2, 0) is 0 Å². The minimum Gasteiger partial charge on any atom is -0.289 e. The van der Waals surface area contributed by atoms with Crippen LogP contribution in [0.4, 0.5) is 0 Å². The first-order chi connectivity index (χ1) is 11.2. The molecule has 0 radical (unpaired) electrons. The zero-order valence-corrected chi connectivity index (χ0v) is 14.0. The number of ketones is 1. The maximum Gasteiger partial charge on any atom is 0.185 e. The minimum atomic E-state index is 0.0104. The third-order valence-corrected chi connectivity index (χ3v) is 4.10. The lowest BCUT2D eigenvalue weighted by molar-refractivity contribution is 0.104. The Morgan fingerprint density at radius 2 is 1.30 bits per heavy atom. The van der Waals surface area contributed by atoms with Gasteiger partial charge in [-0.1, -0.05) is 88.7 Å². The molecular weight excluding hydrogens is 348 g/mol. The van der Waals surface area contributed by atoms with Gasteiger partial charge in [-0.3, -0.25) is 4.79 Å². The normalized spacial score (nSPS) is 10.8. The van der Waals surface area contributed by atoms with Crippen LogP contribution in [0.3, 0.4) is 0 Å². The van der Waals surface area contributed by atoms with Crippen LogP contribution in [0, 0.1) is 0 Å². The van der Waals surface area contributed by atoms with E-state index in [-0.39, 0.29) is 5.78 Å². The summed E-state index contributed by atoms with van der Waals surface area (Å²) in [5, 5.41) is 0. The molecular formula is C21H15BrO. The molecule has 0 aliphatic rings. The van der Waals surface area contributed by atoms with Gasteiger partial charge < -0.3 is 0 Å². The van der Waals surface area contributed by atoms with Crippen molar-refractivity contribution in [3.05, 3.63) is 101 Å². The third-order valence-electron chi connectivity index (χ3n) is 3.57. The summed E-state index contributed by atoms with van der Waals surface area (Å²) in [4.78, 5) is 12.2. The number of hydrogen-bond acceptors (Lipinski definition) is 1. The molecule has 0 saturated carbocycles. The molecule has 0 spiro atoms. The van der Waals surface area contributed by atoms with Crippen molar-refractivity contribution in [2.24, 2.45) is 0 Å². The molecule has 3 aromatic rings. The van der Waals surface area contributed by atoms with Gasteiger partial charge in [-0.25, -0.2) is 0 Å². The highest BCUT2D eigenvalue weighted by Crippen LogP contribution is 2.22. The van der Waals surface area contributed by atoms with Crippen molar-refractivity contribution < 1.29 is 4.79 Å². The Balaban J connectivity index is 1.75. The Kier molecular flexibility index (Phi) is 4.84. The Hall–Kier alpha value is -2.45. The van der Waals surface area contributed by atoms with Crippen molar-refractivity contribution in [2.75, 3.05) is 0 Å². The van der Waals surface area contributed by atoms with E-state index in [0.29, 0.717) is 5.56 Å². The summed E-state index contributed by atoms with van der Waals surface area (Å²) in [7, 11) is 0. The van der Waals surface area contributed by atoms with Gasteiger partial charge in [-0.15, -0.1) is 0 Å². The van der Waals surface area contributed by atoms with Crippen LogP contribution in [0.5, 0.6) is 0 Å². The molecule has 1 nitrogen and oxygen atoms in total. The van der Waals surface area contributed by atoms with E-state index in [2.05, 4.69) is 28.1 Å². The van der Waals surface area contributed by atoms with E-state index < -0.39 is 0 Å². The van der Waals surface area contributed by atoms with Gasteiger partial charge in [0, 0.05) is 10.0 Å². The first kappa shape index (κ1) is 15.4. The van der Waals surface area contributed by atoms with E-state index in [4.69, 9.17) is 0 Å². The van der Waals surface area contributed by atoms with Crippen molar-refractivity contribution >= 4 is 27.8 Å². The molecule has 0 atom stereocenters. The molecule has 3 aromatic carbocycles. The van der Waals surface area contributed by atoms with Crippen LogP contribution >= 0.6 is 15.9 Å². The van der Waals surface area contributed by atoms with Gasteiger partial charge in [0.05, 0.1) is 0 Å². The Morgan fingerprint density at radius 1 is 0.739 bits per heavy atom. The number of allylic oxidation sites excluding steroid dienone is 1. The smallest absolute Gasteiger partial charge is 0.185 e. The van der Waals surface area contributed by atoms with Gasteiger partial charge in [0.15, 0.2) is 5.78 Å². The highest BCUT2D eigenvalue weighted by Gasteiger charge is 2.03. The van der Waals surface area contributed by atoms with Crippen molar-refractivity contribution in [2.45, 2.75) is 0 Å². The maximum atomic E-state index is 12.2. The molecule has 0 aromatic heterocycles. The van der Waals surface area contributed by atoms with Crippen molar-refractivity contribution in [3.63, 3.8) is 0 Å². The van der Waals surface area contributed by atoms with E-state index in [9.17, 15) is 4.79 Å². The lowest BCUT2D eigenvalue weighted by Gasteiger charge is -2.03. The van der Waals surface area contributed by atoms with Crippen LogP contribution in [0.15, 0.2) is 89.4 Å². The van der Waals surface area contributed by atoms with Crippen molar-refractivity contribution in [1.29, 1.82) is 0 Å². The molecule has 0 heterocycles. The second-order valence-corrected chi connectivity index (χ2v) is 6.11. The summed E-state index contributed by atoms with van der Waals surface area (Å²) in [5.41, 5.74) is 3.94. The molecule has 0 N–H and O–H groups in total. The molecule has 112 valence electrons. The maximum absolute atomic E-state index is 12.2. The SMILES string of the molecule is O=C(/C=C\c1ccccc1)c1ccc(-c2ccc(Br)cc2)cc1. The summed E-state index contributed by atoms with van der Waals surface area (Å²) in [5.74, 6) is 0.0104. The fraction of sp³-hybridized carbons (Fsp3) is 0. The van der Waals surface area contributed by atoms with E-state index in [1.54, 1.807) is 6.08 Å². The van der Waals surface area contributed by atoms with E-state index >= 15 is 0 Å². The van der Waals surface area contributed by atoms with Gasteiger partial charge in [0.25, 0.3) is 0 Å². The molecule has 0 unspecified atom stereocenters. The van der Waals surface area contributed by atoms with Crippen molar-refractivity contribution in [3.8, 4) is 11.1 Å². The van der Waals surface area contributed by atoms with Crippen LogP contribution in [0.25, 0.3) is 17.2 Å². The monoisotopic (exact) mass is 362 g/mol. The fourth-order valence-corrected chi connectivity index (χ4v) is 2.57. The summed E-state index contributed by atoms with van der Waals surface area (Å²) in [6.45, 7) is 0. The average molecular weight is 363 g/mol. The molecule has 0 fully saturated rings. The number of halogens is 1. The Morgan fingerprint density at radius 3 is 1.91 bits per heavy atom. The molecule has 0 bridgehead atoms. The predicted octanol–water partition coefficient (Wildman–Crippen LogP) is 6.01.